The number of benzene rings is 1. The molecule has 0 N–H and O–H groups in total. The zero-order chi connectivity index (χ0) is 9.84. The number of hydrogen-bond acceptors (Lipinski definition) is 2. The molecule has 0 amide bonds. The fraction of sp³-hybridized carbons (Fsp3) is 0.111. The Bertz CT molecular complexity index is 317. The summed E-state index contributed by atoms with van der Waals surface area (Å²) in [4.78, 5) is 20.4. The summed E-state index contributed by atoms with van der Waals surface area (Å²) in [6.45, 7) is 0. The number of hydrogen-bond donors (Lipinski definition) is 0. The molecule has 13 heavy (non-hydrogen) atoms. The van der Waals surface area contributed by atoms with E-state index >= 15 is 0 Å². The Kier molecular flexibility index (Phi) is 3.46. The average molecular weight is 217 g/mol. The highest BCUT2D eigenvalue weighted by Gasteiger charge is 2.13. The van der Waals surface area contributed by atoms with Gasteiger partial charge in [0.2, 0.25) is 0 Å². The minimum Gasteiger partial charge on any atom is -0.298 e. The first-order chi connectivity index (χ1) is 6.15. The van der Waals surface area contributed by atoms with Gasteiger partial charge in [-0.1, -0.05) is 47.5 Å². The van der Waals surface area contributed by atoms with Crippen molar-refractivity contribution in [3.8, 4) is 0 Å². The van der Waals surface area contributed by atoms with Crippen molar-refractivity contribution in [3.63, 3.8) is 0 Å². The zero-order valence-electron chi connectivity index (χ0n) is 6.54. The second-order valence-electron chi connectivity index (χ2n) is 2.40. The van der Waals surface area contributed by atoms with E-state index in [4.69, 9.17) is 23.2 Å². The van der Waals surface area contributed by atoms with E-state index in [9.17, 15) is 9.59 Å². The lowest BCUT2D eigenvalue weighted by Crippen LogP contribution is -2.07. The number of alkyl halides is 2. The van der Waals surface area contributed by atoms with Gasteiger partial charge in [-0.15, -0.1) is 0 Å². The summed E-state index contributed by atoms with van der Waals surface area (Å²) in [7, 11) is 0. The summed E-state index contributed by atoms with van der Waals surface area (Å²) in [5.41, 5.74) is 0.915. The summed E-state index contributed by atoms with van der Waals surface area (Å²) in [6.07, 6.45) is 0.702. The van der Waals surface area contributed by atoms with Crippen LogP contribution in [-0.4, -0.2) is 16.9 Å². The van der Waals surface area contributed by atoms with Crippen molar-refractivity contribution in [2.75, 3.05) is 0 Å². The van der Waals surface area contributed by atoms with Crippen LogP contribution < -0.4 is 0 Å². The molecule has 0 aliphatic carbocycles. The van der Waals surface area contributed by atoms with E-state index in [2.05, 4.69) is 0 Å². The summed E-state index contributed by atoms with van der Waals surface area (Å²) < 4.78 is 0. The maximum absolute atomic E-state index is 11.2. The third-order valence-corrected chi connectivity index (χ3v) is 1.93. The standard InChI is InChI=1S/C9H6Cl2O2/c10-9(11)8(13)7-3-1-6(5-12)2-4-7/h1-5,9H. The van der Waals surface area contributed by atoms with Crippen molar-refractivity contribution in [2.45, 2.75) is 4.84 Å². The van der Waals surface area contributed by atoms with E-state index in [1.54, 1.807) is 0 Å². The first-order valence-corrected chi connectivity index (χ1v) is 4.40. The molecule has 1 aromatic carbocycles. The summed E-state index contributed by atoms with van der Waals surface area (Å²) in [5.74, 6) is -0.360. The zero-order valence-corrected chi connectivity index (χ0v) is 8.05. The smallest absolute Gasteiger partial charge is 0.195 e. The van der Waals surface area contributed by atoms with E-state index in [1.807, 2.05) is 0 Å². The fourth-order valence-corrected chi connectivity index (χ4v) is 1.10. The largest absolute Gasteiger partial charge is 0.298 e. The lowest BCUT2D eigenvalue weighted by Gasteiger charge is -2.00. The molecule has 0 aliphatic rings. The van der Waals surface area contributed by atoms with Crippen LogP contribution in [0, 0.1) is 0 Å². The maximum atomic E-state index is 11.2. The first kappa shape index (κ1) is 10.2. The van der Waals surface area contributed by atoms with Crippen molar-refractivity contribution in [3.05, 3.63) is 35.4 Å². The van der Waals surface area contributed by atoms with Crippen molar-refractivity contribution < 1.29 is 9.59 Å². The number of Topliss-reactive ketones (excluding diaryl/α,β-unsaturated/α-hetero) is 1. The highest BCUT2D eigenvalue weighted by molar-refractivity contribution is 6.55. The van der Waals surface area contributed by atoms with E-state index in [-0.39, 0.29) is 5.78 Å². The molecule has 0 radical (unpaired) electrons. The highest BCUT2D eigenvalue weighted by atomic mass is 35.5. The number of rotatable bonds is 3. The fourth-order valence-electron chi connectivity index (χ4n) is 0.852. The molecular formula is C9H6Cl2O2. The Morgan fingerprint density at radius 3 is 2.15 bits per heavy atom. The van der Waals surface area contributed by atoms with Crippen LogP contribution in [0.25, 0.3) is 0 Å². The Labute approximate surface area is 85.5 Å². The van der Waals surface area contributed by atoms with Crippen LogP contribution in [0.2, 0.25) is 0 Å². The van der Waals surface area contributed by atoms with Crippen molar-refractivity contribution in [2.24, 2.45) is 0 Å². The molecule has 0 atom stereocenters. The quantitative estimate of drug-likeness (QED) is 0.442. The van der Waals surface area contributed by atoms with Crippen LogP contribution >= 0.6 is 23.2 Å². The van der Waals surface area contributed by atoms with Crippen LogP contribution in [0.1, 0.15) is 20.7 Å². The van der Waals surface area contributed by atoms with Gasteiger partial charge in [0, 0.05) is 11.1 Å². The molecule has 1 aromatic rings. The SMILES string of the molecule is O=Cc1ccc(C(=O)C(Cl)Cl)cc1. The van der Waals surface area contributed by atoms with Gasteiger partial charge in [0.1, 0.15) is 6.29 Å². The Morgan fingerprint density at radius 1 is 1.23 bits per heavy atom. The molecule has 0 aliphatic heterocycles. The molecule has 68 valence electrons. The van der Waals surface area contributed by atoms with Gasteiger partial charge in [-0.3, -0.25) is 9.59 Å². The number of aldehydes is 1. The highest BCUT2D eigenvalue weighted by Crippen LogP contribution is 2.12. The third kappa shape index (κ3) is 2.54. The summed E-state index contributed by atoms with van der Waals surface area (Å²) >= 11 is 10.8. The second-order valence-corrected chi connectivity index (χ2v) is 3.50. The average Bonchev–Trinajstić information content (AvgIpc) is 2.17. The number of carbonyl (C=O) groups excluding carboxylic acids is 2. The maximum Gasteiger partial charge on any atom is 0.195 e. The lowest BCUT2D eigenvalue weighted by atomic mass is 10.1. The minimum absolute atomic E-state index is 0.360. The molecule has 4 heteroatoms. The van der Waals surface area contributed by atoms with Gasteiger partial charge in [-0.2, -0.15) is 0 Å². The molecule has 0 spiro atoms. The van der Waals surface area contributed by atoms with E-state index < -0.39 is 4.84 Å². The van der Waals surface area contributed by atoms with Crippen LogP contribution in [0.5, 0.6) is 0 Å². The number of carbonyl (C=O) groups is 2. The third-order valence-electron chi connectivity index (χ3n) is 1.53. The molecule has 0 aromatic heterocycles. The Balaban J connectivity index is 2.92. The van der Waals surface area contributed by atoms with Gasteiger partial charge in [-0.25, -0.2) is 0 Å². The van der Waals surface area contributed by atoms with Gasteiger partial charge in [-0.05, 0) is 0 Å². The number of ketones is 1. The second kappa shape index (κ2) is 4.40. The van der Waals surface area contributed by atoms with Gasteiger partial charge >= 0.3 is 0 Å². The van der Waals surface area contributed by atoms with Gasteiger partial charge in [0.05, 0.1) is 0 Å². The van der Waals surface area contributed by atoms with Crippen molar-refractivity contribution in [1.29, 1.82) is 0 Å². The predicted octanol–water partition coefficient (Wildman–Crippen LogP) is 2.49. The van der Waals surface area contributed by atoms with Gasteiger partial charge < -0.3 is 0 Å². The van der Waals surface area contributed by atoms with Gasteiger partial charge in [0.15, 0.2) is 10.6 Å². The monoisotopic (exact) mass is 216 g/mol. The molecule has 0 heterocycles. The van der Waals surface area contributed by atoms with E-state index in [0.29, 0.717) is 17.4 Å². The molecule has 2 nitrogen and oxygen atoms in total. The topological polar surface area (TPSA) is 34.1 Å². The molecule has 0 unspecified atom stereocenters. The first-order valence-electron chi connectivity index (χ1n) is 3.52. The van der Waals surface area contributed by atoms with Crippen LogP contribution in [-0.2, 0) is 0 Å². The van der Waals surface area contributed by atoms with E-state index in [0.717, 1.165) is 0 Å². The van der Waals surface area contributed by atoms with E-state index in [1.165, 1.54) is 24.3 Å². The van der Waals surface area contributed by atoms with Crippen LogP contribution in [0.3, 0.4) is 0 Å². The summed E-state index contributed by atoms with van der Waals surface area (Å²) in [5, 5.41) is 0. The van der Waals surface area contributed by atoms with Crippen LogP contribution in [0.15, 0.2) is 24.3 Å². The van der Waals surface area contributed by atoms with Gasteiger partial charge in [0.25, 0.3) is 0 Å². The molecule has 1 rings (SSSR count). The Morgan fingerprint density at radius 2 is 1.77 bits per heavy atom. The Hall–Kier alpha value is -0.860. The molecular weight excluding hydrogens is 211 g/mol. The number of halogens is 2. The minimum atomic E-state index is -1.05. The predicted molar refractivity (Wildman–Crippen MR) is 51.7 cm³/mol. The molecule has 0 bridgehead atoms. The van der Waals surface area contributed by atoms with Crippen molar-refractivity contribution >= 4 is 35.3 Å². The van der Waals surface area contributed by atoms with Crippen molar-refractivity contribution in [1.82, 2.24) is 0 Å². The lowest BCUT2D eigenvalue weighted by molar-refractivity contribution is 0.101. The molecule has 0 saturated carbocycles. The van der Waals surface area contributed by atoms with Crippen LogP contribution in [0.4, 0.5) is 0 Å². The molecule has 0 saturated heterocycles. The normalized spacial score (nSPS) is 10.1. The molecule has 0 fully saturated rings. The summed E-state index contributed by atoms with van der Waals surface area (Å²) in [6, 6.07) is 6.11.